The van der Waals surface area contributed by atoms with Gasteiger partial charge in [0.2, 0.25) is 5.91 Å². The first-order valence-corrected chi connectivity index (χ1v) is 8.25. The van der Waals surface area contributed by atoms with Crippen LogP contribution in [0.2, 0.25) is 0 Å². The monoisotopic (exact) mass is 352 g/mol. The fourth-order valence-electron chi connectivity index (χ4n) is 2.19. The molecule has 8 nitrogen and oxygen atoms in total. The Labute approximate surface area is 146 Å². The van der Waals surface area contributed by atoms with Crippen molar-refractivity contribution in [2.45, 2.75) is 6.42 Å². The first-order valence-electron chi connectivity index (χ1n) is 7.37. The Balaban J connectivity index is 1.39. The number of hydrogen-bond acceptors (Lipinski definition) is 7. The number of carbonyl (C=O) groups is 1. The standard InChI is InChI=1S/C16H12N6O2S/c23-15(6-12-8-25-16(21-12)13-2-1-5-24-13)20-11-3-4-14(18-7-11)22-10-17-9-19-22/h1-5,7-10H,6H2,(H,20,23). The number of hydrogen-bond donors (Lipinski definition) is 1. The van der Waals surface area contributed by atoms with E-state index >= 15 is 0 Å². The maximum absolute atomic E-state index is 12.2. The number of aromatic nitrogens is 5. The third-order valence-corrected chi connectivity index (χ3v) is 4.22. The van der Waals surface area contributed by atoms with Crippen LogP contribution in [0.3, 0.4) is 0 Å². The molecule has 0 bridgehead atoms. The number of amides is 1. The maximum atomic E-state index is 12.2. The molecule has 0 aliphatic heterocycles. The van der Waals surface area contributed by atoms with Crippen molar-refractivity contribution >= 4 is 22.9 Å². The molecule has 0 unspecified atom stereocenters. The first-order chi connectivity index (χ1) is 12.3. The van der Waals surface area contributed by atoms with Gasteiger partial charge in [-0.15, -0.1) is 11.3 Å². The lowest BCUT2D eigenvalue weighted by atomic mass is 10.3. The third kappa shape index (κ3) is 3.45. The molecule has 4 aromatic heterocycles. The molecule has 4 aromatic rings. The topological polar surface area (TPSA) is 98.7 Å². The van der Waals surface area contributed by atoms with Crippen molar-refractivity contribution in [2.75, 3.05) is 5.32 Å². The summed E-state index contributed by atoms with van der Waals surface area (Å²) in [5.74, 6) is 1.16. The molecule has 0 fully saturated rings. The summed E-state index contributed by atoms with van der Waals surface area (Å²) < 4.78 is 6.84. The normalized spacial score (nSPS) is 10.7. The van der Waals surface area contributed by atoms with Crippen LogP contribution in [0.15, 0.2) is 59.2 Å². The van der Waals surface area contributed by atoms with Crippen molar-refractivity contribution in [1.82, 2.24) is 24.7 Å². The number of carbonyl (C=O) groups excluding carboxylic acids is 1. The highest BCUT2D eigenvalue weighted by Crippen LogP contribution is 2.24. The molecular weight excluding hydrogens is 340 g/mol. The molecule has 0 saturated carbocycles. The zero-order chi connectivity index (χ0) is 17.1. The highest BCUT2D eigenvalue weighted by molar-refractivity contribution is 7.13. The number of nitrogens with zero attached hydrogens (tertiary/aromatic N) is 5. The fourth-order valence-corrected chi connectivity index (χ4v) is 2.98. The number of rotatable bonds is 5. The third-order valence-electron chi connectivity index (χ3n) is 3.31. The van der Waals surface area contributed by atoms with E-state index in [0.717, 1.165) is 5.01 Å². The van der Waals surface area contributed by atoms with Gasteiger partial charge in [-0.3, -0.25) is 4.79 Å². The molecule has 1 N–H and O–H groups in total. The molecule has 0 atom stereocenters. The predicted octanol–water partition coefficient (Wildman–Crippen LogP) is 2.56. The molecule has 1 amide bonds. The van der Waals surface area contributed by atoms with E-state index in [2.05, 4.69) is 25.4 Å². The minimum atomic E-state index is -0.161. The van der Waals surface area contributed by atoms with Gasteiger partial charge in [-0.2, -0.15) is 5.10 Å². The quantitative estimate of drug-likeness (QED) is 0.593. The van der Waals surface area contributed by atoms with Crippen molar-refractivity contribution in [3.05, 3.63) is 60.5 Å². The fraction of sp³-hybridized carbons (Fsp3) is 0.0625. The summed E-state index contributed by atoms with van der Waals surface area (Å²) in [6.07, 6.45) is 6.34. The van der Waals surface area contributed by atoms with Crippen LogP contribution in [0, 0.1) is 0 Å². The van der Waals surface area contributed by atoms with E-state index in [1.165, 1.54) is 22.3 Å². The summed E-state index contributed by atoms with van der Waals surface area (Å²) in [4.78, 5) is 24.7. The number of thiazole rings is 1. The van der Waals surface area contributed by atoms with Gasteiger partial charge in [0.25, 0.3) is 0 Å². The number of furan rings is 1. The van der Waals surface area contributed by atoms with E-state index in [-0.39, 0.29) is 12.3 Å². The van der Waals surface area contributed by atoms with E-state index < -0.39 is 0 Å². The second-order valence-electron chi connectivity index (χ2n) is 5.09. The Morgan fingerprint density at radius 1 is 1.32 bits per heavy atom. The molecule has 4 heterocycles. The van der Waals surface area contributed by atoms with Gasteiger partial charge in [0, 0.05) is 5.38 Å². The highest BCUT2D eigenvalue weighted by Gasteiger charge is 2.11. The lowest BCUT2D eigenvalue weighted by Crippen LogP contribution is -2.15. The van der Waals surface area contributed by atoms with Crippen LogP contribution in [-0.4, -0.2) is 30.6 Å². The Morgan fingerprint density at radius 3 is 3.00 bits per heavy atom. The van der Waals surface area contributed by atoms with E-state index in [0.29, 0.717) is 23.0 Å². The van der Waals surface area contributed by atoms with Crippen LogP contribution in [0.5, 0.6) is 0 Å². The lowest BCUT2D eigenvalue weighted by molar-refractivity contribution is -0.115. The van der Waals surface area contributed by atoms with Crippen molar-refractivity contribution < 1.29 is 9.21 Å². The Morgan fingerprint density at radius 2 is 2.28 bits per heavy atom. The summed E-state index contributed by atoms with van der Waals surface area (Å²) in [7, 11) is 0. The minimum absolute atomic E-state index is 0.161. The average Bonchev–Trinajstić information content (AvgIpc) is 3.37. The average molecular weight is 352 g/mol. The van der Waals surface area contributed by atoms with Crippen molar-refractivity contribution in [3.8, 4) is 16.6 Å². The molecular formula is C16H12N6O2S. The van der Waals surface area contributed by atoms with Crippen molar-refractivity contribution in [3.63, 3.8) is 0 Å². The SMILES string of the molecule is O=C(Cc1csc(-c2ccco2)n1)Nc1ccc(-n2cncn2)nc1. The largest absolute Gasteiger partial charge is 0.462 e. The van der Waals surface area contributed by atoms with Gasteiger partial charge in [0.05, 0.1) is 30.3 Å². The second kappa shape index (κ2) is 6.65. The van der Waals surface area contributed by atoms with Crippen LogP contribution in [0.4, 0.5) is 5.69 Å². The van der Waals surface area contributed by atoms with Crippen LogP contribution >= 0.6 is 11.3 Å². The van der Waals surface area contributed by atoms with Gasteiger partial charge in [0.15, 0.2) is 16.6 Å². The Hall–Kier alpha value is -3.33. The van der Waals surface area contributed by atoms with Crippen LogP contribution in [-0.2, 0) is 11.2 Å². The summed E-state index contributed by atoms with van der Waals surface area (Å²) in [6, 6.07) is 7.16. The lowest BCUT2D eigenvalue weighted by Gasteiger charge is -2.05. The summed E-state index contributed by atoms with van der Waals surface area (Å²) >= 11 is 1.44. The van der Waals surface area contributed by atoms with Gasteiger partial charge >= 0.3 is 0 Å². The van der Waals surface area contributed by atoms with Crippen molar-refractivity contribution in [1.29, 1.82) is 0 Å². The number of pyridine rings is 1. The smallest absolute Gasteiger partial charge is 0.230 e. The first kappa shape index (κ1) is 15.2. The zero-order valence-electron chi connectivity index (χ0n) is 12.9. The van der Waals surface area contributed by atoms with E-state index in [4.69, 9.17) is 4.42 Å². The molecule has 0 radical (unpaired) electrons. The Bertz CT molecular complexity index is 961. The summed E-state index contributed by atoms with van der Waals surface area (Å²) in [6.45, 7) is 0. The molecule has 0 aliphatic carbocycles. The zero-order valence-corrected chi connectivity index (χ0v) is 13.7. The maximum Gasteiger partial charge on any atom is 0.230 e. The molecule has 0 aromatic carbocycles. The summed E-state index contributed by atoms with van der Waals surface area (Å²) in [5.41, 5.74) is 1.30. The van der Waals surface area contributed by atoms with Gasteiger partial charge in [0.1, 0.15) is 12.7 Å². The van der Waals surface area contributed by atoms with Crippen LogP contribution in [0.25, 0.3) is 16.6 Å². The van der Waals surface area contributed by atoms with Gasteiger partial charge in [-0.05, 0) is 24.3 Å². The number of nitrogens with one attached hydrogen (secondary N) is 1. The number of anilines is 1. The summed E-state index contributed by atoms with van der Waals surface area (Å²) in [5, 5.41) is 9.41. The van der Waals surface area contributed by atoms with Gasteiger partial charge in [-0.25, -0.2) is 19.6 Å². The predicted molar refractivity (Wildman–Crippen MR) is 91.3 cm³/mol. The van der Waals surface area contributed by atoms with Gasteiger partial charge in [-0.1, -0.05) is 0 Å². The Kier molecular flexibility index (Phi) is 4.05. The van der Waals surface area contributed by atoms with E-state index in [9.17, 15) is 4.79 Å². The minimum Gasteiger partial charge on any atom is -0.462 e. The molecule has 4 rings (SSSR count). The van der Waals surface area contributed by atoms with E-state index in [1.54, 1.807) is 37.0 Å². The van der Waals surface area contributed by atoms with Crippen LogP contribution < -0.4 is 5.32 Å². The van der Waals surface area contributed by atoms with E-state index in [1.807, 2.05) is 11.4 Å². The molecule has 124 valence electrons. The molecule has 0 spiro atoms. The molecule has 25 heavy (non-hydrogen) atoms. The molecule has 9 heteroatoms. The van der Waals surface area contributed by atoms with Gasteiger partial charge < -0.3 is 9.73 Å². The molecule has 0 aliphatic rings. The highest BCUT2D eigenvalue weighted by atomic mass is 32.1. The van der Waals surface area contributed by atoms with Crippen LogP contribution in [0.1, 0.15) is 5.69 Å². The molecule has 0 saturated heterocycles. The van der Waals surface area contributed by atoms with Crippen molar-refractivity contribution in [2.24, 2.45) is 0 Å². The second-order valence-corrected chi connectivity index (χ2v) is 5.95.